The molecule has 1 aromatic heterocycles. The largest absolute Gasteiger partial charge is 0.481 e. The highest BCUT2D eigenvalue weighted by molar-refractivity contribution is 6.08. The van der Waals surface area contributed by atoms with E-state index in [2.05, 4.69) is 83.6 Å². The molecule has 0 unspecified atom stereocenters. The van der Waals surface area contributed by atoms with Gasteiger partial charge in [0, 0.05) is 76.4 Å². The number of hydrogen-bond acceptors (Lipinski definition) is 8. The Labute approximate surface area is 342 Å². The molecular weight excluding hydrogens is 727 g/mol. The van der Waals surface area contributed by atoms with Gasteiger partial charge in [0.1, 0.15) is 5.82 Å². The van der Waals surface area contributed by atoms with Crippen molar-refractivity contribution in [3.05, 3.63) is 99.2 Å². The van der Waals surface area contributed by atoms with Crippen molar-refractivity contribution in [3.8, 4) is 28.3 Å². The number of nitrogens with zero attached hydrogens (tertiary/aromatic N) is 5. The fraction of sp³-hybridized carbons (Fsp3) is 0.468. The second-order valence-electron chi connectivity index (χ2n) is 17.2. The number of carbonyl (C=O) groups excluding carboxylic acids is 2. The minimum Gasteiger partial charge on any atom is -0.481 e. The molecule has 3 amide bonds. The van der Waals surface area contributed by atoms with Gasteiger partial charge in [0.25, 0.3) is 5.91 Å². The maximum Gasteiger partial charge on any atom is 0.317 e. The van der Waals surface area contributed by atoms with Gasteiger partial charge in [-0.25, -0.2) is 9.78 Å². The van der Waals surface area contributed by atoms with Crippen LogP contribution >= 0.6 is 0 Å². The van der Waals surface area contributed by atoms with E-state index in [4.69, 9.17) is 14.5 Å². The second-order valence-corrected chi connectivity index (χ2v) is 17.2. The first-order valence-corrected chi connectivity index (χ1v) is 21.1. The Morgan fingerprint density at radius 2 is 1.69 bits per heavy atom. The van der Waals surface area contributed by atoms with Crippen LogP contribution in [0.25, 0.3) is 22.4 Å². The summed E-state index contributed by atoms with van der Waals surface area (Å²) in [4.78, 5) is 41.2. The van der Waals surface area contributed by atoms with Crippen LogP contribution in [0.3, 0.4) is 0 Å². The number of likely N-dealkylation sites (N-methyl/N-ethyl adjacent to an activating group) is 1. The van der Waals surface area contributed by atoms with Crippen LogP contribution < -0.4 is 15.4 Å². The van der Waals surface area contributed by atoms with E-state index >= 15 is 0 Å². The van der Waals surface area contributed by atoms with Gasteiger partial charge in [-0.05, 0) is 123 Å². The Balaban J connectivity index is 0.959. The maximum absolute atomic E-state index is 14.2. The van der Waals surface area contributed by atoms with Crippen LogP contribution in [-0.4, -0.2) is 103 Å². The van der Waals surface area contributed by atoms with E-state index in [1.54, 1.807) is 14.2 Å². The van der Waals surface area contributed by atoms with Crippen LogP contribution in [0.4, 0.5) is 10.5 Å². The van der Waals surface area contributed by atoms with E-state index < -0.39 is 0 Å². The molecule has 0 radical (unpaired) electrons. The summed E-state index contributed by atoms with van der Waals surface area (Å²) >= 11 is 0. The van der Waals surface area contributed by atoms with Crippen LogP contribution in [0, 0.1) is 13.8 Å². The number of benzene rings is 2. The lowest BCUT2D eigenvalue weighted by Crippen LogP contribution is -2.61. The van der Waals surface area contributed by atoms with Crippen molar-refractivity contribution in [1.29, 1.82) is 0 Å². The Morgan fingerprint density at radius 1 is 0.948 bits per heavy atom. The highest BCUT2D eigenvalue weighted by atomic mass is 16.5. The molecule has 304 valence electrons. The third-order valence-electron chi connectivity index (χ3n) is 13.6. The average molecular weight is 784 g/mol. The molecule has 2 atom stereocenters. The smallest absolute Gasteiger partial charge is 0.317 e. The van der Waals surface area contributed by atoms with Crippen molar-refractivity contribution >= 4 is 17.6 Å². The lowest BCUT2D eigenvalue weighted by Gasteiger charge is -2.40. The molecule has 2 saturated heterocycles. The standard InChI is InChI=1S/C47H57N7O4/c1-29-34(35-13-9-15-38(30(35)2)48-43(55)37-27-51(3)45(32-16-17-32)52(4)42(37)31-10-7-11-31)12-8-14-36(29)39-26-33-18-19-40(41(33)44(49-39)58-6)54-23-21-47(28-54)20-22-53(24-25-57-5)46(56)50-47/h8-9,12-15,26-27,40H,7,10-11,16-25,28H2,1-6H3,(H,48,55)(H,50,56)/t40-,47+/m0/s1. The minimum absolute atomic E-state index is 0.0131. The normalized spacial score (nSPS) is 23.0. The summed E-state index contributed by atoms with van der Waals surface area (Å²) in [7, 11) is 7.57. The summed E-state index contributed by atoms with van der Waals surface area (Å²) in [5.74, 6) is 1.82. The summed E-state index contributed by atoms with van der Waals surface area (Å²) in [5, 5.41) is 6.70. The van der Waals surface area contributed by atoms with Gasteiger partial charge >= 0.3 is 6.03 Å². The molecule has 11 nitrogen and oxygen atoms in total. The topological polar surface area (TPSA) is 103 Å². The summed E-state index contributed by atoms with van der Waals surface area (Å²) in [5.41, 5.74) is 14.0. The van der Waals surface area contributed by atoms with Gasteiger partial charge in [0.15, 0.2) is 0 Å². The van der Waals surface area contributed by atoms with E-state index in [9.17, 15) is 9.59 Å². The first-order valence-electron chi connectivity index (χ1n) is 21.1. The molecule has 2 aromatic carbocycles. The minimum atomic E-state index is -0.200. The number of rotatable bonds is 9. The first-order chi connectivity index (χ1) is 28.1. The molecule has 0 bridgehead atoms. The number of aryl methyl sites for hydroxylation is 1. The fourth-order valence-electron chi connectivity index (χ4n) is 10.2. The van der Waals surface area contributed by atoms with Crippen LogP contribution in [0.15, 0.2) is 76.9 Å². The quantitative estimate of drug-likeness (QED) is 0.228. The fourth-order valence-corrected chi connectivity index (χ4v) is 10.2. The predicted octanol–water partition coefficient (Wildman–Crippen LogP) is 7.68. The maximum atomic E-state index is 14.2. The number of methoxy groups -OCH3 is 2. The van der Waals surface area contributed by atoms with Gasteiger partial charge < -0.3 is 34.8 Å². The van der Waals surface area contributed by atoms with Gasteiger partial charge in [-0.15, -0.1) is 0 Å². The van der Waals surface area contributed by atoms with E-state index in [1.807, 2.05) is 23.2 Å². The molecular formula is C47H57N7O4. The average Bonchev–Trinajstić information content (AvgIpc) is 3.80. The monoisotopic (exact) mass is 783 g/mol. The predicted molar refractivity (Wildman–Crippen MR) is 227 cm³/mol. The third-order valence-corrected chi connectivity index (χ3v) is 13.6. The van der Waals surface area contributed by atoms with Gasteiger partial charge in [0.2, 0.25) is 5.88 Å². The highest BCUT2D eigenvalue weighted by Crippen LogP contribution is 2.47. The molecule has 4 fully saturated rings. The molecule has 1 spiro atoms. The number of ether oxygens (including phenoxy) is 2. The molecule has 3 aliphatic carbocycles. The van der Waals surface area contributed by atoms with Crippen LogP contribution in [0.1, 0.15) is 79.7 Å². The van der Waals surface area contributed by atoms with E-state index in [0.717, 1.165) is 121 Å². The summed E-state index contributed by atoms with van der Waals surface area (Å²) in [6.45, 7) is 7.93. The molecule has 4 heterocycles. The van der Waals surface area contributed by atoms with E-state index in [-0.39, 0.29) is 23.5 Å². The Hall–Kier alpha value is -5.13. The lowest BCUT2D eigenvalue weighted by molar-refractivity contribution is -0.112. The molecule has 2 N–H and O–H groups in total. The number of carbonyl (C=O) groups is 2. The lowest BCUT2D eigenvalue weighted by atomic mass is 9.87. The first kappa shape index (κ1) is 38.4. The van der Waals surface area contributed by atoms with Crippen molar-refractivity contribution in [2.75, 3.05) is 66.4 Å². The Kier molecular flexibility index (Phi) is 10.1. The number of hydrogen-bond donors (Lipinski definition) is 2. The number of pyridine rings is 1. The zero-order chi connectivity index (χ0) is 40.3. The molecule has 11 heteroatoms. The Morgan fingerprint density at radius 3 is 2.40 bits per heavy atom. The number of amides is 3. The molecule has 9 rings (SSSR count). The van der Waals surface area contributed by atoms with Crippen molar-refractivity contribution in [1.82, 2.24) is 29.9 Å². The van der Waals surface area contributed by atoms with Gasteiger partial charge in [0.05, 0.1) is 36.2 Å². The zero-order valence-electron chi connectivity index (χ0n) is 35.0. The molecule has 3 aromatic rings. The number of anilines is 1. The zero-order valence-corrected chi connectivity index (χ0v) is 35.0. The van der Waals surface area contributed by atoms with Crippen LogP contribution in [-0.2, 0) is 16.0 Å². The SMILES string of the molecule is COCCN1CC[C@]2(CCN([C@H]3CCc4cc(-c5cccc(-c6cccc(NC(=O)C7=CN(C)C(=C8CC8)N(C)C7=C7CCC7)c6C)c5C)nc(OC)c43)C2)NC1=O. The van der Waals surface area contributed by atoms with Gasteiger partial charge in [-0.3, -0.25) is 9.69 Å². The molecule has 6 aliphatic rings. The van der Waals surface area contributed by atoms with Crippen molar-refractivity contribution in [3.63, 3.8) is 0 Å². The number of likely N-dealkylation sites (tertiary alicyclic amines) is 1. The summed E-state index contributed by atoms with van der Waals surface area (Å²) < 4.78 is 11.3. The number of allylic oxidation sites excluding steroid dienone is 2. The van der Waals surface area contributed by atoms with Crippen LogP contribution in [0.2, 0.25) is 0 Å². The second kappa shape index (κ2) is 15.2. The number of aromatic nitrogens is 1. The van der Waals surface area contributed by atoms with E-state index in [1.165, 1.54) is 34.5 Å². The summed E-state index contributed by atoms with van der Waals surface area (Å²) in [6.07, 6.45) is 11.4. The summed E-state index contributed by atoms with van der Waals surface area (Å²) in [6, 6.07) is 15.1. The number of fused-ring (bicyclic) bond motifs is 1. The van der Waals surface area contributed by atoms with Gasteiger partial charge in [-0.2, -0.15) is 0 Å². The molecule has 2 saturated carbocycles. The van der Waals surface area contributed by atoms with Crippen molar-refractivity contribution < 1.29 is 19.1 Å². The number of urea groups is 1. The number of nitrogens with one attached hydrogen (secondary N) is 2. The van der Waals surface area contributed by atoms with E-state index in [0.29, 0.717) is 19.0 Å². The highest BCUT2D eigenvalue weighted by Gasteiger charge is 2.47. The Bertz CT molecular complexity index is 2270. The molecule has 3 aliphatic heterocycles. The van der Waals surface area contributed by atoms with Gasteiger partial charge in [-0.1, -0.05) is 30.3 Å². The van der Waals surface area contributed by atoms with Crippen LogP contribution in [0.5, 0.6) is 5.88 Å². The van der Waals surface area contributed by atoms with Crippen molar-refractivity contribution in [2.24, 2.45) is 0 Å². The molecule has 58 heavy (non-hydrogen) atoms. The van der Waals surface area contributed by atoms with Crippen molar-refractivity contribution in [2.45, 2.75) is 83.2 Å². The third kappa shape index (κ3) is 6.75.